The number of aryl methyl sites for hydroxylation is 1. The van der Waals surface area contributed by atoms with E-state index in [1.54, 1.807) is 6.92 Å². The number of carboxylic acid groups (broad SMARTS) is 1. The SMILES string of the molecule is Cc1c(N2CC34CC3CC[C@@]4(N)C2)c(F)cc2c(=O)c(C(=O)O)cn([C@@H]3C[C@@H]3F)c12. The molecule has 1 aliphatic heterocycles. The molecule has 5 atom stereocenters. The molecule has 2 unspecified atom stereocenters. The van der Waals surface area contributed by atoms with Crippen molar-refractivity contribution in [2.45, 2.75) is 50.4 Å². The highest BCUT2D eigenvalue weighted by atomic mass is 19.1. The first-order chi connectivity index (χ1) is 14.2. The van der Waals surface area contributed by atoms with Crippen LogP contribution in [0.1, 0.15) is 47.6 Å². The van der Waals surface area contributed by atoms with Gasteiger partial charge in [0, 0.05) is 42.0 Å². The first-order valence-electron chi connectivity index (χ1n) is 10.5. The number of hydrogen-bond donors (Lipinski definition) is 2. The van der Waals surface area contributed by atoms with Gasteiger partial charge in [-0.1, -0.05) is 0 Å². The van der Waals surface area contributed by atoms with Crippen LogP contribution in [0.5, 0.6) is 0 Å². The fourth-order valence-electron chi connectivity index (χ4n) is 6.44. The number of benzene rings is 1. The van der Waals surface area contributed by atoms with Gasteiger partial charge in [-0.25, -0.2) is 13.6 Å². The zero-order valence-corrected chi connectivity index (χ0v) is 16.6. The van der Waals surface area contributed by atoms with Crippen LogP contribution in [-0.2, 0) is 0 Å². The molecule has 4 aliphatic rings. The number of halogens is 2. The summed E-state index contributed by atoms with van der Waals surface area (Å²) in [6.45, 7) is 2.97. The molecule has 158 valence electrons. The number of anilines is 1. The van der Waals surface area contributed by atoms with Crippen molar-refractivity contribution in [3.05, 3.63) is 39.4 Å². The maximum Gasteiger partial charge on any atom is 0.341 e. The monoisotopic (exact) mass is 415 g/mol. The Hall–Kier alpha value is -2.48. The zero-order chi connectivity index (χ0) is 21.2. The van der Waals surface area contributed by atoms with Crippen molar-refractivity contribution < 1.29 is 18.7 Å². The molecular weight excluding hydrogens is 392 g/mol. The standard InChI is InChI=1S/C22H23F2N3O3/c1-10-17-12(19(28)13(20(29)30)7-27(17)16-5-14(16)23)4-15(24)18(10)26-8-21-6-11(21)2-3-22(21,25)9-26/h4,7,11,14,16H,2-3,5-6,8-9,25H2,1H3,(H,29,30)/t11?,14-,16+,21?,22+/m0/s1. The van der Waals surface area contributed by atoms with Crippen LogP contribution >= 0.6 is 0 Å². The van der Waals surface area contributed by atoms with Crippen LogP contribution in [0.25, 0.3) is 10.9 Å². The first kappa shape index (κ1) is 18.3. The number of carbonyl (C=O) groups is 1. The van der Waals surface area contributed by atoms with Gasteiger partial charge >= 0.3 is 5.97 Å². The van der Waals surface area contributed by atoms with Gasteiger partial charge in [0.1, 0.15) is 17.6 Å². The molecule has 3 N–H and O–H groups in total. The van der Waals surface area contributed by atoms with Crippen molar-refractivity contribution >= 4 is 22.6 Å². The van der Waals surface area contributed by atoms with Crippen LogP contribution in [0, 0.1) is 24.1 Å². The third kappa shape index (κ3) is 2.10. The van der Waals surface area contributed by atoms with E-state index in [-0.39, 0.29) is 22.8 Å². The number of rotatable bonds is 3. The lowest BCUT2D eigenvalue weighted by Crippen LogP contribution is -2.47. The van der Waals surface area contributed by atoms with E-state index in [1.165, 1.54) is 10.8 Å². The van der Waals surface area contributed by atoms with Gasteiger partial charge in [0.05, 0.1) is 17.2 Å². The molecule has 6 nitrogen and oxygen atoms in total. The van der Waals surface area contributed by atoms with Crippen molar-refractivity contribution in [2.24, 2.45) is 17.1 Å². The third-order valence-corrected chi connectivity index (χ3v) is 8.17. The van der Waals surface area contributed by atoms with Crippen molar-refractivity contribution in [3.8, 4) is 0 Å². The highest BCUT2D eigenvalue weighted by molar-refractivity contribution is 5.95. The number of pyridine rings is 1. The predicted octanol–water partition coefficient (Wildman–Crippen LogP) is 2.75. The Kier molecular flexibility index (Phi) is 3.30. The molecule has 2 heterocycles. The molecule has 2 aromatic rings. The Morgan fingerprint density at radius 2 is 2.10 bits per heavy atom. The van der Waals surface area contributed by atoms with Crippen molar-refractivity contribution in [3.63, 3.8) is 0 Å². The summed E-state index contributed by atoms with van der Waals surface area (Å²) in [5.41, 5.74) is 6.60. The largest absolute Gasteiger partial charge is 0.477 e. The van der Waals surface area contributed by atoms with E-state index in [9.17, 15) is 19.1 Å². The Morgan fingerprint density at radius 1 is 1.37 bits per heavy atom. The molecule has 1 spiro atoms. The maximum absolute atomic E-state index is 15.4. The predicted molar refractivity (Wildman–Crippen MR) is 107 cm³/mol. The number of aromatic nitrogens is 1. The summed E-state index contributed by atoms with van der Waals surface area (Å²) in [5.74, 6) is -1.35. The maximum atomic E-state index is 15.4. The van der Waals surface area contributed by atoms with Gasteiger partial charge in [0.2, 0.25) is 5.43 Å². The minimum Gasteiger partial charge on any atom is -0.477 e. The average molecular weight is 415 g/mol. The summed E-state index contributed by atoms with van der Waals surface area (Å²) in [7, 11) is 0. The molecule has 3 saturated carbocycles. The summed E-state index contributed by atoms with van der Waals surface area (Å²) >= 11 is 0. The smallest absolute Gasteiger partial charge is 0.341 e. The second-order valence-corrected chi connectivity index (χ2v) is 9.74. The Morgan fingerprint density at radius 3 is 2.70 bits per heavy atom. The Bertz CT molecular complexity index is 1200. The van der Waals surface area contributed by atoms with E-state index in [4.69, 9.17) is 5.73 Å². The van der Waals surface area contributed by atoms with Gasteiger partial charge in [0.25, 0.3) is 0 Å². The molecule has 3 aliphatic carbocycles. The number of alkyl halides is 1. The topological polar surface area (TPSA) is 88.6 Å². The van der Waals surface area contributed by atoms with Gasteiger partial charge < -0.3 is 20.3 Å². The second-order valence-electron chi connectivity index (χ2n) is 9.74. The number of carboxylic acids is 1. The molecule has 0 radical (unpaired) electrons. The van der Waals surface area contributed by atoms with E-state index in [1.807, 2.05) is 4.90 Å². The molecule has 6 rings (SSSR count). The minimum absolute atomic E-state index is 0.0166. The quantitative estimate of drug-likeness (QED) is 0.805. The third-order valence-electron chi connectivity index (χ3n) is 8.17. The minimum atomic E-state index is -1.40. The van der Waals surface area contributed by atoms with E-state index in [2.05, 4.69) is 0 Å². The number of aromatic carboxylic acids is 1. The number of nitrogens with zero attached hydrogens (tertiary/aromatic N) is 2. The normalized spacial score (nSPS) is 36.1. The van der Waals surface area contributed by atoms with Crippen molar-refractivity contribution in [2.75, 3.05) is 18.0 Å². The van der Waals surface area contributed by atoms with Crippen LogP contribution in [0.2, 0.25) is 0 Å². The fraction of sp³-hybridized carbons (Fsp3) is 0.545. The molecule has 0 amide bonds. The summed E-state index contributed by atoms with van der Waals surface area (Å²) in [6.07, 6.45) is 3.50. The van der Waals surface area contributed by atoms with Gasteiger partial charge in [-0.05, 0) is 43.7 Å². The number of nitrogens with two attached hydrogens (primary N) is 1. The molecule has 1 aromatic carbocycles. The van der Waals surface area contributed by atoms with Crippen molar-refractivity contribution in [1.29, 1.82) is 0 Å². The first-order valence-corrected chi connectivity index (χ1v) is 10.5. The number of hydrogen-bond acceptors (Lipinski definition) is 4. The van der Waals surface area contributed by atoms with Crippen molar-refractivity contribution in [1.82, 2.24) is 4.57 Å². The van der Waals surface area contributed by atoms with E-state index >= 15 is 4.39 Å². The second kappa shape index (κ2) is 5.41. The van der Waals surface area contributed by atoms with Crippen LogP contribution in [0.15, 0.2) is 17.1 Å². The summed E-state index contributed by atoms with van der Waals surface area (Å²) < 4.78 is 30.8. The van der Waals surface area contributed by atoms with Crippen LogP contribution in [0.3, 0.4) is 0 Å². The molecule has 1 aromatic heterocycles. The fourth-order valence-corrected chi connectivity index (χ4v) is 6.44. The van der Waals surface area contributed by atoms with E-state index < -0.39 is 35.0 Å². The van der Waals surface area contributed by atoms with Crippen LogP contribution < -0.4 is 16.1 Å². The molecular formula is C22H23F2N3O3. The van der Waals surface area contributed by atoms with Gasteiger partial charge in [0.15, 0.2) is 0 Å². The molecule has 0 bridgehead atoms. The lowest BCUT2D eigenvalue weighted by atomic mass is 9.86. The summed E-state index contributed by atoms with van der Waals surface area (Å²) in [4.78, 5) is 26.3. The van der Waals surface area contributed by atoms with Crippen LogP contribution in [0.4, 0.5) is 14.5 Å². The Balaban J connectivity index is 1.56. The van der Waals surface area contributed by atoms with Gasteiger partial charge in [-0.15, -0.1) is 0 Å². The summed E-state index contributed by atoms with van der Waals surface area (Å²) in [5, 5.41) is 9.40. The highest BCUT2D eigenvalue weighted by Crippen LogP contribution is 2.70. The molecule has 4 fully saturated rings. The lowest BCUT2D eigenvalue weighted by molar-refractivity contribution is 0.0694. The van der Waals surface area contributed by atoms with Crippen LogP contribution in [-0.4, -0.2) is 40.4 Å². The molecule has 1 saturated heterocycles. The summed E-state index contributed by atoms with van der Waals surface area (Å²) in [6, 6.07) is 0.589. The lowest BCUT2D eigenvalue weighted by Gasteiger charge is -2.27. The van der Waals surface area contributed by atoms with Gasteiger partial charge in [-0.3, -0.25) is 4.79 Å². The van der Waals surface area contributed by atoms with Gasteiger partial charge in [-0.2, -0.15) is 0 Å². The average Bonchev–Trinajstić information content (AvgIpc) is 3.51. The Labute approximate surface area is 171 Å². The molecule has 30 heavy (non-hydrogen) atoms. The van der Waals surface area contributed by atoms with E-state index in [0.717, 1.165) is 25.3 Å². The highest BCUT2D eigenvalue weighted by Gasteiger charge is 2.72. The number of fused-ring (bicyclic) bond motifs is 1. The molecule has 8 heteroatoms. The zero-order valence-electron chi connectivity index (χ0n) is 16.6. The van der Waals surface area contributed by atoms with E-state index in [0.29, 0.717) is 35.8 Å².